The van der Waals surface area contributed by atoms with Crippen molar-refractivity contribution in [1.29, 1.82) is 0 Å². The van der Waals surface area contributed by atoms with Gasteiger partial charge in [-0.2, -0.15) is 8.42 Å². The highest BCUT2D eigenvalue weighted by Gasteiger charge is 2.20. The summed E-state index contributed by atoms with van der Waals surface area (Å²) in [6.07, 6.45) is 2.79. The van der Waals surface area contributed by atoms with E-state index >= 15 is 0 Å². The summed E-state index contributed by atoms with van der Waals surface area (Å²) in [4.78, 5) is 0. The number of benzene rings is 1. The Morgan fingerprint density at radius 3 is 2.64 bits per heavy atom. The molecule has 1 aliphatic heterocycles. The molecule has 1 unspecified atom stereocenters. The minimum atomic E-state index is -4.13. The molecule has 1 fully saturated rings. The maximum Gasteiger partial charge on any atom is 0.449 e. The van der Waals surface area contributed by atoms with Crippen LogP contribution < -0.4 is 9.92 Å². The van der Waals surface area contributed by atoms with Crippen LogP contribution in [0.5, 0.6) is 5.75 Å². The highest BCUT2D eigenvalue weighted by Crippen LogP contribution is 2.24. The molecule has 1 heterocycles. The van der Waals surface area contributed by atoms with E-state index < -0.39 is 10.4 Å². The van der Waals surface area contributed by atoms with E-state index in [9.17, 15) is 8.42 Å². The van der Waals surface area contributed by atoms with Crippen molar-refractivity contribution in [2.75, 3.05) is 18.9 Å². The molecule has 1 aliphatic rings. The van der Waals surface area contributed by atoms with Crippen molar-refractivity contribution < 1.29 is 26.3 Å². The molecule has 1 aromatic carbocycles. The molecule has 0 spiro atoms. The third-order valence-electron chi connectivity index (χ3n) is 3.51. The summed E-state index contributed by atoms with van der Waals surface area (Å²) < 4.78 is 44.7. The van der Waals surface area contributed by atoms with Crippen molar-refractivity contribution in [3.63, 3.8) is 0 Å². The Bertz CT molecular complexity index is 662. The van der Waals surface area contributed by atoms with Crippen molar-refractivity contribution in [3.8, 4) is 5.75 Å². The lowest BCUT2D eigenvalue weighted by atomic mass is 9.99. The van der Waals surface area contributed by atoms with Crippen LogP contribution in [0.15, 0.2) is 18.2 Å². The van der Waals surface area contributed by atoms with Gasteiger partial charge in [0.05, 0.1) is 13.2 Å². The molecule has 0 aliphatic carbocycles. The molecule has 8 heteroatoms. The van der Waals surface area contributed by atoms with Gasteiger partial charge >= 0.3 is 10.4 Å². The van der Waals surface area contributed by atoms with Crippen LogP contribution in [0.25, 0.3) is 0 Å². The topological polar surface area (TPSA) is 97.1 Å². The predicted octanol–water partition coefficient (Wildman–Crippen LogP) is 3.00. The number of hydrogen-bond donors (Lipinski definition) is 1. The van der Waals surface area contributed by atoms with Crippen LogP contribution in [0.2, 0.25) is 0 Å². The molecule has 2 rings (SSSR count). The molecule has 2 N–H and O–H groups in total. The average molecular weight is 373 g/mol. The lowest BCUT2D eigenvalue weighted by molar-refractivity contribution is -0.168. The summed E-state index contributed by atoms with van der Waals surface area (Å²) in [6.45, 7) is 6.63. The van der Waals surface area contributed by atoms with Crippen LogP contribution in [-0.4, -0.2) is 27.9 Å². The summed E-state index contributed by atoms with van der Waals surface area (Å²) in [5.74, 6) is 0.101. The Morgan fingerprint density at radius 1 is 1.28 bits per heavy atom. The van der Waals surface area contributed by atoms with E-state index in [1.54, 1.807) is 6.07 Å². The minimum absolute atomic E-state index is 0.0259. The molecular weight excluding hydrogens is 346 g/mol. The maximum atomic E-state index is 11.8. The van der Waals surface area contributed by atoms with Crippen molar-refractivity contribution in [2.45, 2.75) is 52.9 Å². The van der Waals surface area contributed by atoms with E-state index in [0.717, 1.165) is 24.8 Å². The molecule has 0 bridgehead atoms. The summed E-state index contributed by atoms with van der Waals surface area (Å²) >= 11 is 0. The standard InChI is InChI=1S/C17H27NO6S/c1-17(2,3)12-23-25(19,20)24-14-8-7-13(15(18)10-14)11-22-16-6-4-5-9-21-16/h7-8,10,16H,4-6,9,11-12,18H2,1-3H3. The van der Waals surface area contributed by atoms with Crippen LogP contribution in [0.4, 0.5) is 5.69 Å². The lowest BCUT2D eigenvalue weighted by Crippen LogP contribution is -2.22. The number of anilines is 1. The Hall–Kier alpha value is -1.35. The second kappa shape index (κ2) is 8.35. The van der Waals surface area contributed by atoms with Gasteiger partial charge in [0.25, 0.3) is 0 Å². The highest BCUT2D eigenvalue weighted by atomic mass is 32.3. The quantitative estimate of drug-likeness (QED) is 0.734. The first-order chi connectivity index (χ1) is 11.6. The van der Waals surface area contributed by atoms with Crippen molar-refractivity contribution in [1.82, 2.24) is 0 Å². The zero-order valence-corrected chi connectivity index (χ0v) is 15.8. The van der Waals surface area contributed by atoms with Crippen LogP contribution in [0.1, 0.15) is 45.6 Å². The van der Waals surface area contributed by atoms with Gasteiger partial charge in [-0.25, -0.2) is 4.18 Å². The molecule has 25 heavy (non-hydrogen) atoms. The molecule has 0 amide bonds. The first kappa shape index (κ1) is 20.0. The monoisotopic (exact) mass is 373 g/mol. The number of nitrogen functional groups attached to an aromatic ring is 1. The van der Waals surface area contributed by atoms with Crippen molar-refractivity contribution in [3.05, 3.63) is 23.8 Å². The van der Waals surface area contributed by atoms with E-state index in [4.69, 9.17) is 23.6 Å². The molecule has 1 atom stereocenters. The van der Waals surface area contributed by atoms with Gasteiger partial charge in [0.1, 0.15) is 5.75 Å². The number of hydrogen-bond acceptors (Lipinski definition) is 7. The zero-order valence-electron chi connectivity index (χ0n) is 15.0. The third-order valence-corrected chi connectivity index (χ3v) is 4.32. The smallest absolute Gasteiger partial charge is 0.398 e. The molecule has 1 saturated heterocycles. The van der Waals surface area contributed by atoms with E-state index in [1.807, 2.05) is 20.8 Å². The van der Waals surface area contributed by atoms with Gasteiger partial charge in [0.15, 0.2) is 6.29 Å². The van der Waals surface area contributed by atoms with Gasteiger partial charge in [-0.15, -0.1) is 0 Å². The van der Waals surface area contributed by atoms with Crippen LogP contribution >= 0.6 is 0 Å². The molecule has 0 radical (unpaired) electrons. The van der Waals surface area contributed by atoms with Crippen molar-refractivity contribution >= 4 is 16.1 Å². The molecule has 7 nitrogen and oxygen atoms in total. The summed E-state index contributed by atoms with van der Waals surface area (Å²) in [5.41, 5.74) is 6.80. The Labute approximate surface area is 149 Å². The van der Waals surface area contributed by atoms with Gasteiger partial charge in [0, 0.05) is 23.9 Å². The third kappa shape index (κ3) is 7.19. The van der Waals surface area contributed by atoms with Gasteiger partial charge in [0.2, 0.25) is 0 Å². The Kier molecular flexibility index (Phi) is 6.67. The Balaban J connectivity index is 1.91. The highest BCUT2D eigenvalue weighted by molar-refractivity contribution is 7.82. The molecule has 0 saturated carbocycles. The number of nitrogens with two attached hydrogens (primary N) is 1. The van der Waals surface area contributed by atoms with E-state index in [1.165, 1.54) is 12.1 Å². The van der Waals surface area contributed by atoms with Crippen LogP contribution in [-0.2, 0) is 30.7 Å². The second-order valence-electron chi connectivity index (χ2n) is 7.28. The number of rotatable bonds is 7. The lowest BCUT2D eigenvalue weighted by Gasteiger charge is -2.23. The minimum Gasteiger partial charge on any atom is -0.398 e. The fourth-order valence-corrected chi connectivity index (χ4v) is 3.06. The first-order valence-corrected chi connectivity index (χ1v) is 9.68. The van der Waals surface area contributed by atoms with Crippen LogP contribution in [0, 0.1) is 5.41 Å². The van der Waals surface area contributed by atoms with E-state index in [-0.39, 0.29) is 24.1 Å². The van der Waals surface area contributed by atoms with Gasteiger partial charge in [-0.3, -0.25) is 0 Å². The van der Waals surface area contributed by atoms with Gasteiger partial charge in [-0.1, -0.05) is 26.8 Å². The SMILES string of the molecule is CC(C)(C)COS(=O)(=O)Oc1ccc(COC2CCCCO2)c(N)c1. The van der Waals surface area contributed by atoms with Gasteiger partial charge < -0.3 is 19.4 Å². The normalized spacial score (nSPS) is 18.9. The fourth-order valence-electron chi connectivity index (χ4n) is 2.17. The summed E-state index contributed by atoms with van der Waals surface area (Å²) in [5, 5.41) is 0. The Morgan fingerprint density at radius 2 is 2.04 bits per heavy atom. The number of ether oxygens (including phenoxy) is 2. The molecular formula is C17H27NO6S. The fraction of sp³-hybridized carbons (Fsp3) is 0.647. The zero-order chi connectivity index (χ0) is 18.5. The second-order valence-corrected chi connectivity index (χ2v) is 8.50. The van der Waals surface area contributed by atoms with E-state index in [2.05, 4.69) is 0 Å². The predicted molar refractivity (Wildman–Crippen MR) is 94.2 cm³/mol. The first-order valence-electron chi connectivity index (χ1n) is 8.35. The van der Waals surface area contributed by atoms with Gasteiger partial charge in [-0.05, 0) is 30.7 Å². The van der Waals surface area contributed by atoms with E-state index in [0.29, 0.717) is 18.9 Å². The molecule has 142 valence electrons. The van der Waals surface area contributed by atoms with Crippen molar-refractivity contribution in [2.24, 2.45) is 5.41 Å². The van der Waals surface area contributed by atoms with Crippen LogP contribution in [0.3, 0.4) is 0 Å². The molecule has 0 aromatic heterocycles. The average Bonchev–Trinajstić information content (AvgIpc) is 2.52. The molecule has 1 aromatic rings. The summed E-state index contributed by atoms with van der Waals surface area (Å²) in [6, 6.07) is 4.64. The summed E-state index contributed by atoms with van der Waals surface area (Å²) in [7, 11) is -4.13. The maximum absolute atomic E-state index is 11.8. The largest absolute Gasteiger partial charge is 0.449 e.